The lowest BCUT2D eigenvalue weighted by atomic mass is 10.2. The van der Waals surface area contributed by atoms with Crippen molar-refractivity contribution in [3.8, 4) is 0 Å². The molecular weight excluding hydrogens is 236 g/mol. The number of H-pyrrole nitrogens is 1. The van der Waals surface area contributed by atoms with Gasteiger partial charge in [0.1, 0.15) is 0 Å². The molecule has 0 spiro atoms. The van der Waals surface area contributed by atoms with Gasteiger partial charge >= 0.3 is 0 Å². The van der Waals surface area contributed by atoms with Crippen molar-refractivity contribution < 1.29 is 9.59 Å². The van der Waals surface area contributed by atoms with E-state index in [0.717, 1.165) is 6.42 Å². The fourth-order valence-corrected chi connectivity index (χ4v) is 1.20. The largest absolute Gasteiger partial charge is 0.366 e. The number of amides is 2. The molecule has 1 heterocycles. The van der Waals surface area contributed by atoms with Gasteiger partial charge in [-0.05, 0) is 13.3 Å². The fraction of sp³-hybridized carbons (Fsp3) is 0.600. The summed E-state index contributed by atoms with van der Waals surface area (Å²) in [5.41, 5.74) is 5.27. The molecule has 0 aliphatic rings. The monoisotopic (exact) mass is 254 g/mol. The van der Waals surface area contributed by atoms with Gasteiger partial charge in [-0.15, -0.1) is 5.10 Å². The number of carbonyl (C=O) groups is 2. The third-order valence-corrected chi connectivity index (χ3v) is 2.38. The molecule has 0 aromatic carbocycles. The maximum atomic E-state index is 11.5. The van der Waals surface area contributed by atoms with Gasteiger partial charge < -0.3 is 16.4 Å². The molecule has 0 bridgehead atoms. The molecule has 1 rings (SSSR count). The van der Waals surface area contributed by atoms with Crippen molar-refractivity contribution in [2.45, 2.75) is 32.7 Å². The Morgan fingerprint density at radius 2 is 2.22 bits per heavy atom. The van der Waals surface area contributed by atoms with Crippen molar-refractivity contribution in [2.24, 2.45) is 0 Å². The molecule has 8 nitrogen and oxygen atoms in total. The maximum Gasteiger partial charge on any atom is 0.288 e. The molecule has 8 heteroatoms. The molecule has 1 unspecified atom stereocenters. The average molecular weight is 254 g/mol. The zero-order valence-electron chi connectivity index (χ0n) is 10.5. The summed E-state index contributed by atoms with van der Waals surface area (Å²) in [5.74, 6) is -0.484. The second-order valence-corrected chi connectivity index (χ2v) is 3.92. The van der Waals surface area contributed by atoms with Crippen molar-refractivity contribution in [3.05, 3.63) is 5.82 Å². The van der Waals surface area contributed by atoms with E-state index in [1.807, 2.05) is 13.8 Å². The summed E-state index contributed by atoms with van der Waals surface area (Å²) in [5, 5.41) is 11.3. The third kappa shape index (κ3) is 4.40. The molecule has 100 valence electrons. The summed E-state index contributed by atoms with van der Waals surface area (Å²) in [6.45, 7) is 4.15. The molecule has 0 radical (unpaired) electrons. The Kier molecular flexibility index (Phi) is 5.09. The Morgan fingerprint density at radius 1 is 1.50 bits per heavy atom. The van der Waals surface area contributed by atoms with Gasteiger partial charge in [0.2, 0.25) is 17.7 Å². The van der Waals surface area contributed by atoms with Crippen LogP contribution < -0.4 is 16.4 Å². The van der Waals surface area contributed by atoms with Crippen LogP contribution >= 0.6 is 0 Å². The zero-order valence-corrected chi connectivity index (χ0v) is 10.5. The molecule has 5 N–H and O–H groups in total. The number of carbonyl (C=O) groups excluding carboxylic acids is 2. The van der Waals surface area contributed by atoms with E-state index in [1.165, 1.54) is 0 Å². The minimum atomic E-state index is -0.435. The van der Waals surface area contributed by atoms with E-state index in [0.29, 0.717) is 0 Å². The highest BCUT2D eigenvalue weighted by molar-refractivity contribution is 5.90. The maximum absolute atomic E-state index is 11.5. The number of nitrogens with two attached hydrogens (primary N) is 1. The van der Waals surface area contributed by atoms with E-state index in [-0.39, 0.29) is 36.7 Å². The summed E-state index contributed by atoms with van der Waals surface area (Å²) in [4.78, 5) is 26.6. The van der Waals surface area contributed by atoms with Gasteiger partial charge in [0, 0.05) is 19.0 Å². The van der Waals surface area contributed by atoms with Crippen LogP contribution in [-0.2, 0) is 4.79 Å². The smallest absolute Gasteiger partial charge is 0.288 e. The number of nitrogens with zero attached hydrogens (tertiary/aromatic N) is 2. The van der Waals surface area contributed by atoms with Crippen LogP contribution in [0.2, 0.25) is 0 Å². The highest BCUT2D eigenvalue weighted by Gasteiger charge is 2.11. The highest BCUT2D eigenvalue weighted by atomic mass is 16.2. The summed E-state index contributed by atoms with van der Waals surface area (Å²) >= 11 is 0. The lowest BCUT2D eigenvalue weighted by Crippen LogP contribution is -2.35. The Bertz CT molecular complexity index is 416. The van der Waals surface area contributed by atoms with Gasteiger partial charge in [0.25, 0.3) is 5.91 Å². The van der Waals surface area contributed by atoms with Crippen LogP contribution in [-0.4, -0.2) is 39.6 Å². The first-order chi connectivity index (χ1) is 8.52. The van der Waals surface area contributed by atoms with Gasteiger partial charge in [0.15, 0.2) is 0 Å². The Balaban J connectivity index is 2.25. The van der Waals surface area contributed by atoms with Crippen molar-refractivity contribution in [1.29, 1.82) is 0 Å². The predicted molar refractivity (Wildman–Crippen MR) is 65.6 cm³/mol. The van der Waals surface area contributed by atoms with E-state index in [4.69, 9.17) is 5.73 Å². The number of rotatable bonds is 6. The molecule has 0 saturated heterocycles. The summed E-state index contributed by atoms with van der Waals surface area (Å²) in [6.07, 6.45) is 1.09. The average Bonchev–Trinajstić information content (AvgIpc) is 2.75. The normalized spacial score (nSPS) is 11.9. The van der Waals surface area contributed by atoms with E-state index < -0.39 is 5.91 Å². The van der Waals surface area contributed by atoms with Crippen LogP contribution in [0.1, 0.15) is 37.3 Å². The van der Waals surface area contributed by atoms with Crippen molar-refractivity contribution in [1.82, 2.24) is 25.8 Å². The van der Waals surface area contributed by atoms with Crippen LogP contribution in [0, 0.1) is 0 Å². The fourth-order valence-electron chi connectivity index (χ4n) is 1.20. The number of hydrogen-bond acceptors (Lipinski definition) is 5. The minimum absolute atomic E-state index is 0.00895. The van der Waals surface area contributed by atoms with Crippen LogP contribution in [0.4, 0.5) is 5.95 Å². The second-order valence-electron chi connectivity index (χ2n) is 3.92. The van der Waals surface area contributed by atoms with E-state index >= 15 is 0 Å². The van der Waals surface area contributed by atoms with Crippen LogP contribution in [0.3, 0.4) is 0 Å². The number of aromatic amines is 1. The summed E-state index contributed by atoms with van der Waals surface area (Å²) < 4.78 is 0. The van der Waals surface area contributed by atoms with Crippen molar-refractivity contribution in [2.75, 3.05) is 12.3 Å². The first-order valence-corrected chi connectivity index (χ1v) is 5.78. The van der Waals surface area contributed by atoms with Gasteiger partial charge in [-0.1, -0.05) is 6.92 Å². The van der Waals surface area contributed by atoms with Crippen LogP contribution in [0.25, 0.3) is 0 Å². The Labute approximate surface area is 105 Å². The first-order valence-electron chi connectivity index (χ1n) is 5.78. The van der Waals surface area contributed by atoms with Crippen molar-refractivity contribution >= 4 is 17.8 Å². The highest BCUT2D eigenvalue weighted by Crippen LogP contribution is 1.93. The molecule has 0 saturated carbocycles. The van der Waals surface area contributed by atoms with Crippen molar-refractivity contribution in [3.63, 3.8) is 0 Å². The van der Waals surface area contributed by atoms with Gasteiger partial charge in [-0.25, -0.2) is 0 Å². The summed E-state index contributed by atoms with van der Waals surface area (Å²) in [6, 6.07) is 0.141. The van der Waals surface area contributed by atoms with Gasteiger partial charge in [-0.2, -0.15) is 4.98 Å². The standard InChI is InChI=1S/C10H18N6O2/c1-3-6(2)13-7(17)4-5-12-9(18)8-14-10(11)16-15-8/h6H,3-5H2,1-2H3,(H,12,18)(H,13,17)(H3,11,14,15,16). The zero-order chi connectivity index (χ0) is 13.5. The molecule has 1 aromatic rings. The van der Waals surface area contributed by atoms with E-state index in [2.05, 4.69) is 25.8 Å². The van der Waals surface area contributed by atoms with Gasteiger partial charge in [0.05, 0.1) is 0 Å². The first kappa shape index (κ1) is 13.9. The number of aromatic nitrogens is 3. The van der Waals surface area contributed by atoms with Gasteiger partial charge in [-0.3, -0.25) is 14.7 Å². The SMILES string of the molecule is CCC(C)NC(=O)CCNC(=O)c1nc(N)n[nH]1. The topological polar surface area (TPSA) is 126 Å². The quantitative estimate of drug-likeness (QED) is 0.540. The molecule has 0 fully saturated rings. The third-order valence-electron chi connectivity index (χ3n) is 2.38. The molecule has 1 aromatic heterocycles. The number of anilines is 1. The molecular formula is C10H18N6O2. The number of hydrogen-bond donors (Lipinski definition) is 4. The molecule has 0 aliphatic carbocycles. The molecule has 1 atom stereocenters. The Hall–Kier alpha value is -2.12. The van der Waals surface area contributed by atoms with E-state index in [9.17, 15) is 9.59 Å². The molecule has 0 aliphatic heterocycles. The molecule has 18 heavy (non-hydrogen) atoms. The summed E-state index contributed by atoms with van der Waals surface area (Å²) in [7, 11) is 0. The minimum Gasteiger partial charge on any atom is -0.366 e. The predicted octanol–water partition coefficient (Wildman–Crippen LogP) is -0.578. The number of nitrogens with one attached hydrogen (secondary N) is 3. The Morgan fingerprint density at radius 3 is 2.78 bits per heavy atom. The molecule has 2 amide bonds. The lowest BCUT2D eigenvalue weighted by molar-refractivity contribution is -0.121. The number of nitrogen functional groups attached to an aromatic ring is 1. The van der Waals surface area contributed by atoms with Crippen LogP contribution in [0.5, 0.6) is 0 Å². The van der Waals surface area contributed by atoms with E-state index in [1.54, 1.807) is 0 Å². The second kappa shape index (κ2) is 6.58. The lowest BCUT2D eigenvalue weighted by Gasteiger charge is -2.11. The van der Waals surface area contributed by atoms with Crippen LogP contribution in [0.15, 0.2) is 0 Å².